The first-order valence-corrected chi connectivity index (χ1v) is 8.19. The highest BCUT2D eigenvalue weighted by Crippen LogP contribution is 2.35. The molecule has 2 aromatic rings. The molecule has 3 amide bonds. The van der Waals surface area contributed by atoms with Crippen molar-refractivity contribution in [3.63, 3.8) is 0 Å². The van der Waals surface area contributed by atoms with E-state index in [0.717, 1.165) is 4.90 Å². The minimum Gasteiger partial charge on any atom is -0.319 e. The van der Waals surface area contributed by atoms with Gasteiger partial charge in [0.15, 0.2) is 0 Å². The molecule has 1 atom stereocenters. The average Bonchev–Trinajstić information content (AvgIpc) is 2.79. The third-order valence-electron chi connectivity index (χ3n) is 4.14. The molecule has 2 aromatic carbocycles. The van der Waals surface area contributed by atoms with Crippen molar-refractivity contribution in [1.29, 1.82) is 5.26 Å². The molecule has 0 aromatic heterocycles. The number of hydrogen-bond donors (Lipinski definition) is 1. The van der Waals surface area contributed by atoms with Crippen LogP contribution in [0.1, 0.15) is 23.6 Å². The van der Waals surface area contributed by atoms with Crippen LogP contribution < -0.4 is 5.32 Å². The summed E-state index contributed by atoms with van der Waals surface area (Å²) in [7, 11) is 0. The largest absolute Gasteiger partial charge is 0.325 e. The lowest BCUT2D eigenvalue weighted by Crippen LogP contribution is -2.41. The van der Waals surface area contributed by atoms with Gasteiger partial charge >= 0.3 is 6.03 Å². The van der Waals surface area contributed by atoms with Crippen molar-refractivity contribution in [2.75, 3.05) is 0 Å². The molecule has 1 unspecified atom stereocenters. The Morgan fingerprint density at radius 1 is 1.20 bits per heavy atom. The second-order valence-electron chi connectivity index (χ2n) is 5.88. The number of nitriles is 1. The van der Waals surface area contributed by atoms with Crippen LogP contribution in [0.15, 0.2) is 42.5 Å². The maximum atomic E-state index is 12.9. The van der Waals surface area contributed by atoms with Gasteiger partial charge in [-0.05, 0) is 36.8 Å². The van der Waals surface area contributed by atoms with Gasteiger partial charge < -0.3 is 5.32 Å². The number of benzene rings is 2. The van der Waals surface area contributed by atoms with Crippen LogP contribution in [-0.2, 0) is 16.9 Å². The number of nitrogens with one attached hydrogen (secondary N) is 1. The van der Waals surface area contributed by atoms with Crippen LogP contribution in [0, 0.1) is 11.3 Å². The van der Waals surface area contributed by atoms with E-state index in [0.29, 0.717) is 26.7 Å². The van der Waals surface area contributed by atoms with Gasteiger partial charge in [-0.3, -0.25) is 9.69 Å². The van der Waals surface area contributed by atoms with Gasteiger partial charge in [0.25, 0.3) is 5.91 Å². The lowest BCUT2D eigenvalue weighted by Gasteiger charge is -2.23. The van der Waals surface area contributed by atoms with E-state index in [1.54, 1.807) is 43.3 Å². The van der Waals surface area contributed by atoms with Crippen molar-refractivity contribution in [2.24, 2.45) is 0 Å². The number of carbonyl (C=O) groups is 2. The Kier molecular flexibility index (Phi) is 4.42. The van der Waals surface area contributed by atoms with Gasteiger partial charge in [-0.25, -0.2) is 4.79 Å². The van der Waals surface area contributed by atoms with Gasteiger partial charge in [0.05, 0.1) is 18.2 Å². The molecule has 5 nitrogen and oxygen atoms in total. The maximum absolute atomic E-state index is 12.9. The number of nitrogens with zero attached hydrogens (tertiary/aromatic N) is 2. The first-order chi connectivity index (χ1) is 11.8. The second kappa shape index (κ2) is 6.40. The van der Waals surface area contributed by atoms with Crippen molar-refractivity contribution in [2.45, 2.75) is 19.0 Å². The molecule has 3 rings (SSSR count). The second-order valence-corrected chi connectivity index (χ2v) is 6.73. The highest BCUT2D eigenvalue weighted by molar-refractivity contribution is 6.35. The smallest absolute Gasteiger partial charge is 0.319 e. The Bertz CT molecular complexity index is 923. The molecule has 0 aliphatic carbocycles. The molecule has 126 valence electrons. The van der Waals surface area contributed by atoms with Crippen LogP contribution in [0.4, 0.5) is 4.79 Å². The summed E-state index contributed by atoms with van der Waals surface area (Å²) >= 11 is 12.1. The number of urea groups is 1. The van der Waals surface area contributed by atoms with Crippen LogP contribution in [0.25, 0.3) is 0 Å². The Hall–Kier alpha value is -2.55. The molecule has 1 N–H and O–H groups in total. The summed E-state index contributed by atoms with van der Waals surface area (Å²) in [6.45, 7) is 1.68. The molecule has 0 spiro atoms. The zero-order valence-corrected chi connectivity index (χ0v) is 14.7. The van der Waals surface area contributed by atoms with E-state index in [1.165, 1.54) is 6.07 Å². The van der Waals surface area contributed by atoms with E-state index in [1.807, 2.05) is 6.07 Å². The van der Waals surface area contributed by atoms with Gasteiger partial charge in [-0.1, -0.05) is 41.4 Å². The molecule has 0 radical (unpaired) electrons. The normalized spacial score (nSPS) is 19.7. The maximum Gasteiger partial charge on any atom is 0.325 e. The molecule has 1 heterocycles. The van der Waals surface area contributed by atoms with Crippen molar-refractivity contribution < 1.29 is 9.59 Å². The zero-order chi connectivity index (χ0) is 18.2. The monoisotopic (exact) mass is 373 g/mol. The molecule has 1 saturated heterocycles. The lowest BCUT2D eigenvalue weighted by atomic mass is 9.92. The topological polar surface area (TPSA) is 73.2 Å². The summed E-state index contributed by atoms with van der Waals surface area (Å²) in [5.74, 6) is -0.413. The third-order valence-corrected chi connectivity index (χ3v) is 4.69. The Morgan fingerprint density at radius 3 is 2.64 bits per heavy atom. The number of imide groups is 1. The standard InChI is InChI=1S/C18H13Cl2N3O2/c1-18(14-6-5-13(19)8-15(14)20)16(24)23(17(25)22-18)10-12-4-2-3-11(7-12)9-21/h2-8H,10H2,1H3,(H,22,25). The summed E-state index contributed by atoms with van der Waals surface area (Å²) < 4.78 is 0. The predicted octanol–water partition coefficient (Wildman–Crippen LogP) is 3.83. The van der Waals surface area contributed by atoms with Crippen LogP contribution in [-0.4, -0.2) is 16.8 Å². The van der Waals surface area contributed by atoms with Crippen LogP contribution in [0.3, 0.4) is 0 Å². The minimum absolute atomic E-state index is 0.0704. The molecule has 0 bridgehead atoms. The van der Waals surface area contributed by atoms with Crippen molar-refractivity contribution >= 4 is 35.1 Å². The molecule has 1 fully saturated rings. The minimum atomic E-state index is -1.27. The van der Waals surface area contributed by atoms with E-state index < -0.39 is 17.5 Å². The van der Waals surface area contributed by atoms with E-state index in [9.17, 15) is 9.59 Å². The van der Waals surface area contributed by atoms with Crippen molar-refractivity contribution in [3.05, 3.63) is 69.2 Å². The van der Waals surface area contributed by atoms with Gasteiger partial charge in [0.1, 0.15) is 5.54 Å². The van der Waals surface area contributed by atoms with Crippen molar-refractivity contribution in [1.82, 2.24) is 10.2 Å². The first kappa shape index (κ1) is 17.3. The summed E-state index contributed by atoms with van der Waals surface area (Å²) in [4.78, 5) is 26.4. The van der Waals surface area contributed by atoms with Gasteiger partial charge in [0, 0.05) is 15.6 Å². The van der Waals surface area contributed by atoms with E-state index in [-0.39, 0.29) is 6.54 Å². The number of rotatable bonds is 3. The van der Waals surface area contributed by atoms with Crippen LogP contribution in [0.5, 0.6) is 0 Å². The number of carbonyl (C=O) groups excluding carboxylic acids is 2. The van der Waals surface area contributed by atoms with Gasteiger partial charge in [-0.2, -0.15) is 5.26 Å². The van der Waals surface area contributed by atoms with E-state index in [4.69, 9.17) is 28.5 Å². The first-order valence-electron chi connectivity index (χ1n) is 7.44. The lowest BCUT2D eigenvalue weighted by molar-refractivity contribution is -0.131. The molecular weight excluding hydrogens is 361 g/mol. The highest BCUT2D eigenvalue weighted by atomic mass is 35.5. The fourth-order valence-corrected chi connectivity index (χ4v) is 3.44. The molecule has 25 heavy (non-hydrogen) atoms. The highest BCUT2D eigenvalue weighted by Gasteiger charge is 2.49. The number of halogens is 2. The summed E-state index contributed by atoms with van der Waals surface area (Å²) in [6, 6.07) is 13.1. The molecular formula is C18H13Cl2N3O2. The number of amides is 3. The predicted molar refractivity (Wildman–Crippen MR) is 94.1 cm³/mol. The Labute approximate surface area is 154 Å². The zero-order valence-electron chi connectivity index (χ0n) is 13.2. The summed E-state index contributed by atoms with van der Waals surface area (Å²) in [6.07, 6.45) is 0. The van der Waals surface area contributed by atoms with Crippen LogP contribution >= 0.6 is 23.2 Å². The van der Waals surface area contributed by atoms with Crippen LogP contribution in [0.2, 0.25) is 10.0 Å². The molecule has 1 aliphatic rings. The quantitative estimate of drug-likeness (QED) is 0.830. The fourth-order valence-electron chi connectivity index (χ4n) is 2.84. The summed E-state index contributed by atoms with van der Waals surface area (Å²) in [5.41, 5.74) is 0.359. The van der Waals surface area contributed by atoms with Gasteiger partial charge in [-0.15, -0.1) is 0 Å². The SMILES string of the molecule is CC1(c2ccc(Cl)cc2Cl)NC(=O)N(Cc2cccc(C#N)c2)C1=O. The third kappa shape index (κ3) is 3.07. The molecule has 0 saturated carbocycles. The summed E-state index contributed by atoms with van der Waals surface area (Å²) in [5, 5.41) is 12.4. The van der Waals surface area contributed by atoms with Crippen molar-refractivity contribution in [3.8, 4) is 6.07 Å². The average molecular weight is 374 g/mol. The van der Waals surface area contributed by atoms with Gasteiger partial charge in [0.2, 0.25) is 0 Å². The number of hydrogen-bond acceptors (Lipinski definition) is 3. The Balaban J connectivity index is 1.93. The Morgan fingerprint density at radius 2 is 1.96 bits per heavy atom. The fraction of sp³-hybridized carbons (Fsp3) is 0.167. The van der Waals surface area contributed by atoms with E-state index >= 15 is 0 Å². The van der Waals surface area contributed by atoms with E-state index in [2.05, 4.69) is 5.32 Å². The molecule has 7 heteroatoms. The molecule has 1 aliphatic heterocycles.